The number of benzene rings is 1. The van der Waals surface area contributed by atoms with Crippen LogP contribution in [0.3, 0.4) is 0 Å². The average molecular weight is 336 g/mol. The van der Waals surface area contributed by atoms with E-state index >= 15 is 0 Å². The second-order valence-corrected chi connectivity index (χ2v) is 6.30. The molecule has 0 amide bonds. The van der Waals surface area contributed by atoms with Crippen molar-refractivity contribution in [3.63, 3.8) is 0 Å². The molecule has 138 valence electrons. The lowest BCUT2D eigenvalue weighted by molar-refractivity contribution is 0.110. The van der Waals surface area contributed by atoms with Crippen LogP contribution in [0.1, 0.15) is 77.3 Å². The second kappa shape index (κ2) is 14.3. The van der Waals surface area contributed by atoms with E-state index in [2.05, 4.69) is 43.4 Å². The van der Waals surface area contributed by atoms with Crippen LogP contribution in [0, 0.1) is 0 Å². The quantitative estimate of drug-likeness (QED) is 0.429. The molecule has 0 aliphatic heterocycles. The van der Waals surface area contributed by atoms with Crippen LogP contribution < -0.4 is 10.1 Å². The second-order valence-electron chi connectivity index (χ2n) is 6.30. The molecule has 1 atom stereocenters. The first kappa shape index (κ1) is 21.0. The van der Waals surface area contributed by atoms with Crippen molar-refractivity contribution >= 4 is 0 Å². The van der Waals surface area contributed by atoms with E-state index in [1.54, 1.807) is 0 Å². The van der Waals surface area contributed by atoms with E-state index in [0.717, 1.165) is 25.3 Å². The van der Waals surface area contributed by atoms with Crippen LogP contribution in [0.5, 0.6) is 5.75 Å². The van der Waals surface area contributed by atoms with Crippen molar-refractivity contribution in [2.24, 2.45) is 0 Å². The Labute approximate surface area is 149 Å². The highest BCUT2D eigenvalue weighted by atomic mass is 16.5. The van der Waals surface area contributed by atoms with Gasteiger partial charge >= 0.3 is 0 Å². The highest BCUT2D eigenvalue weighted by Gasteiger charge is 2.08. The molecular weight excluding hydrogens is 298 g/mol. The van der Waals surface area contributed by atoms with Crippen molar-refractivity contribution in [1.29, 1.82) is 0 Å². The van der Waals surface area contributed by atoms with Crippen LogP contribution >= 0.6 is 0 Å². The van der Waals surface area contributed by atoms with Crippen LogP contribution in [-0.2, 0) is 4.74 Å². The Bertz CT molecular complexity index is 391. The zero-order valence-electron chi connectivity index (χ0n) is 16.0. The van der Waals surface area contributed by atoms with Gasteiger partial charge < -0.3 is 14.8 Å². The SMILES string of the molecule is CCCCCCCCNC(CC)c1ccc(OCCOCC)cc1. The molecule has 0 fully saturated rings. The molecule has 1 N–H and O–H groups in total. The summed E-state index contributed by atoms with van der Waals surface area (Å²) in [7, 11) is 0. The molecule has 3 heteroatoms. The summed E-state index contributed by atoms with van der Waals surface area (Å²) >= 11 is 0. The first-order valence-corrected chi connectivity index (χ1v) is 9.85. The Balaban J connectivity index is 2.26. The van der Waals surface area contributed by atoms with Gasteiger partial charge in [-0.3, -0.25) is 0 Å². The number of hydrogen-bond donors (Lipinski definition) is 1. The minimum absolute atomic E-state index is 0.443. The minimum Gasteiger partial charge on any atom is -0.491 e. The van der Waals surface area contributed by atoms with Crippen LogP contribution in [0.4, 0.5) is 0 Å². The van der Waals surface area contributed by atoms with Gasteiger partial charge in [0.15, 0.2) is 0 Å². The van der Waals surface area contributed by atoms with Gasteiger partial charge in [0.2, 0.25) is 0 Å². The molecule has 0 bridgehead atoms. The average Bonchev–Trinajstić information content (AvgIpc) is 2.62. The molecule has 0 aliphatic carbocycles. The Morgan fingerprint density at radius 3 is 2.25 bits per heavy atom. The monoisotopic (exact) mass is 335 g/mol. The lowest BCUT2D eigenvalue weighted by Crippen LogP contribution is -2.21. The molecule has 1 unspecified atom stereocenters. The van der Waals surface area contributed by atoms with Crippen molar-refractivity contribution in [2.45, 2.75) is 71.8 Å². The third-order valence-electron chi connectivity index (χ3n) is 4.31. The summed E-state index contributed by atoms with van der Waals surface area (Å²) in [5, 5.41) is 3.70. The summed E-state index contributed by atoms with van der Waals surface area (Å²) in [4.78, 5) is 0. The van der Waals surface area contributed by atoms with Gasteiger partial charge in [-0.2, -0.15) is 0 Å². The van der Waals surface area contributed by atoms with E-state index in [9.17, 15) is 0 Å². The molecule has 1 aromatic rings. The fourth-order valence-corrected chi connectivity index (χ4v) is 2.84. The molecule has 0 saturated carbocycles. The minimum atomic E-state index is 0.443. The van der Waals surface area contributed by atoms with E-state index in [1.165, 1.54) is 44.1 Å². The van der Waals surface area contributed by atoms with Gasteiger partial charge in [0.25, 0.3) is 0 Å². The van der Waals surface area contributed by atoms with Crippen molar-refractivity contribution in [3.05, 3.63) is 29.8 Å². The predicted octanol–water partition coefficient (Wildman–Crippen LogP) is 5.50. The number of unbranched alkanes of at least 4 members (excludes halogenated alkanes) is 5. The maximum atomic E-state index is 5.68. The van der Waals surface area contributed by atoms with Crippen molar-refractivity contribution in [1.82, 2.24) is 5.32 Å². The van der Waals surface area contributed by atoms with Gasteiger partial charge in [-0.1, -0.05) is 58.1 Å². The molecule has 0 spiro atoms. The van der Waals surface area contributed by atoms with Crippen molar-refractivity contribution in [2.75, 3.05) is 26.4 Å². The summed E-state index contributed by atoms with van der Waals surface area (Å²) in [5.74, 6) is 0.921. The van der Waals surface area contributed by atoms with E-state index in [-0.39, 0.29) is 0 Å². The Morgan fingerprint density at radius 2 is 1.58 bits per heavy atom. The van der Waals surface area contributed by atoms with E-state index in [4.69, 9.17) is 9.47 Å². The number of rotatable bonds is 15. The van der Waals surface area contributed by atoms with Gasteiger partial charge in [0.05, 0.1) is 6.61 Å². The molecule has 1 aromatic carbocycles. The molecule has 0 radical (unpaired) electrons. The van der Waals surface area contributed by atoms with Gasteiger partial charge in [-0.15, -0.1) is 0 Å². The zero-order valence-corrected chi connectivity index (χ0v) is 16.0. The maximum absolute atomic E-state index is 5.68. The molecule has 0 saturated heterocycles. The summed E-state index contributed by atoms with van der Waals surface area (Å²) in [6, 6.07) is 8.93. The lowest BCUT2D eigenvalue weighted by atomic mass is 10.0. The molecule has 0 heterocycles. The third-order valence-corrected chi connectivity index (χ3v) is 4.31. The van der Waals surface area contributed by atoms with Gasteiger partial charge in [-0.05, 0) is 44.0 Å². The fraction of sp³-hybridized carbons (Fsp3) is 0.714. The van der Waals surface area contributed by atoms with Crippen LogP contribution in [0.25, 0.3) is 0 Å². The first-order valence-electron chi connectivity index (χ1n) is 9.85. The maximum Gasteiger partial charge on any atom is 0.119 e. The lowest BCUT2D eigenvalue weighted by Gasteiger charge is -2.18. The van der Waals surface area contributed by atoms with E-state index in [0.29, 0.717) is 19.3 Å². The summed E-state index contributed by atoms with van der Waals surface area (Å²) < 4.78 is 11.0. The largest absolute Gasteiger partial charge is 0.491 e. The molecule has 24 heavy (non-hydrogen) atoms. The number of hydrogen-bond acceptors (Lipinski definition) is 3. The summed E-state index contributed by atoms with van der Waals surface area (Å²) in [6.45, 7) is 9.62. The highest BCUT2D eigenvalue weighted by molar-refractivity contribution is 5.29. The van der Waals surface area contributed by atoms with Gasteiger partial charge in [0, 0.05) is 12.6 Å². The molecular formula is C21H37NO2. The standard InChI is InChI=1S/C21H37NO2/c1-4-7-8-9-10-11-16-22-21(5-2)19-12-14-20(15-13-19)24-18-17-23-6-3/h12-15,21-22H,4-11,16-18H2,1-3H3. The Hall–Kier alpha value is -1.06. The Morgan fingerprint density at radius 1 is 0.875 bits per heavy atom. The van der Waals surface area contributed by atoms with Gasteiger partial charge in [0.1, 0.15) is 12.4 Å². The van der Waals surface area contributed by atoms with E-state index in [1.807, 2.05) is 6.92 Å². The summed E-state index contributed by atoms with van der Waals surface area (Å²) in [6.07, 6.45) is 9.19. The topological polar surface area (TPSA) is 30.5 Å². The Kier molecular flexibility index (Phi) is 12.5. The zero-order chi connectivity index (χ0) is 17.5. The summed E-state index contributed by atoms with van der Waals surface area (Å²) in [5.41, 5.74) is 1.35. The normalized spacial score (nSPS) is 12.3. The van der Waals surface area contributed by atoms with Crippen molar-refractivity contribution in [3.8, 4) is 5.75 Å². The van der Waals surface area contributed by atoms with Gasteiger partial charge in [-0.25, -0.2) is 0 Å². The molecule has 0 aliphatic rings. The van der Waals surface area contributed by atoms with Crippen LogP contribution in [0.2, 0.25) is 0 Å². The smallest absolute Gasteiger partial charge is 0.119 e. The fourth-order valence-electron chi connectivity index (χ4n) is 2.84. The number of nitrogens with one attached hydrogen (secondary N) is 1. The van der Waals surface area contributed by atoms with Crippen LogP contribution in [0.15, 0.2) is 24.3 Å². The first-order chi connectivity index (χ1) is 11.8. The van der Waals surface area contributed by atoms with Crippen molar-refractivity contribution < 1.29 is 9.47 Å². The molecule has 3 nitrogen and oxygen atoms in total. The number of ether oxygens (including phenoxy) is 2. The van der Waals surface area contributed by atoms with Crippen LogP contribution in [-0.4, -0.2) is 26.4 Å². The predicted molar refractivity (Wildman–Crippen MR) is 103 cm³/mol. The third kappa shape index (κ3) is 9.29. The molecule has 0 aromatic heterocycles. The highest BCUT2D eigenvalue weighted by Crippen LogP contribution is 2.20. The van der Waals surface area contributed by atoms with E-state index < -0.39 is 0 Å². The molecule has 1 rings (SSSR count).